The Bertz CT molecular complexity index is 761. The van der Waals surface area contributed by atoms with E-state index in [0.717, 1.165) is 42.9 Å². The van der Waals surface area contributed by atoms with Crippen LogP contribution in [0.15, 0.2) is 53.3 Å². The molecule has 0 radical (unpaired) electrons. The van der Waals surface area contributed by atoms with Crippen LogP contribution in [0.3, 0.4) is 0 Å². The van der Waals surface area contributed by atoms with Crippen LogP contribution in [0.4, 0.5) is 5.69 Å². The molecule has 4 nitrogen and oxygen atoms in total. The number of carbonyl (C=O) groups is 1. The first-order valence-corrected chi connectivity index (χ1v) is 10.3. The maximum absolute atomic E-state index is 11.7. The minimum absolute atomic E-state index is 0.229. The lowest BCUT2D eigenvalue weighted by Crippen LogP contribution is -2.37. The highest BCUT2D eigenvalue weighted by atomic mass is 16.1. The SMILES string of the molecule is C=C(/N=C(\C(C)=C/C)N1CCC[C@H]1CC(C)=O)Nc1ccccc1CC(C)C. The number of hydrogen-bond acceptors (Lipinski definition) is 3. The van der Waals surface area contributed by atoms with Crippen LogP contribution in [0.1, 0.15) is 59.4 Å². The summed E-state index contributed by atoms with van der Waals surface area (Å²) in [5, 5.41) is 3.40. The summed E-state index contributed by atoms with van der Waals surface area (Å²) >= 11 is 0. The first-order chi connectivity index (χ1) is 13.3. The molecule has 4 heteroatoms. The lowest BCUT2D eigenvalue weighted by atomic mass is 10.0. The molecule has 1 N–H and O–H groups in total. The zero-order chi connectivity index (χ0) is 20.7. The molecule has 1 heterocycles. The standard InChI is InChI=1S/C24H35N3O/c1-7-18(4)24(27-14-10-12-22(27)16-19(5)28)26-20(6)25-23-13-9-8-11-21(23)15-17(2)3/h7-9,11,13,17,22,25H,6,10,12,14-16H2,1-5H3/b18-7-,26-24+/t22-/m0/s1. The average molecular weight is 382 g/mol. The molecule has 1 aliphatic heterocycles. The molecule has 1 aromatic carbocycles. The van der Waals surface area contributed by atoms with Crippen LogP contribution in [-0.2, 0) is 11.2 Å². The van der Waals surface area contributed by atoms with Gasteiger partial charge < -0.3 is 10.2 Å². The van der Waals surface area contributed by atoms with Gasteiger partial charge in [0.25, 0.3) is 0 Å². The van der Waals surface area contributed by atoms with E-state index in [1.807, 2.05) is 13.0 Å². The van der Waals surface area contributed by atoms with E-state index in [1.165, 1.54) is 5.56 Å². The van der Waals surface area contributed by atoms with Gasteiger partial charge in [0, 0.05) is 24.7 Å². The summed E-state index contributed by atoms with van der Waals surface area (Å²) < 4.78 is 0. The molecule has 0 amide bonds. The number of benzene rings is 1. The lowest BCUT2D eigenvalue weighted by molar-refractivity contribution is -0.117. The number of Topliss-reactive ketones (excluding diaryl/α,β-unsaturated/α-hetero) is 1. The van der Waals surface area contributed by atoms with E-state index in [-0.39, 0.29) is 11.8 Å². The smallest absolute Gasteiger partial charge is 0.133 e. The highest BCUT2D eigenvalue weighted by Gasteiger charge is 2.28. The number of rotatable bonds is 8. The maximum atomic E-state index is 11.7. The van der Waals surface area contributed by atoms with Gasteiger partial charge in [-0.2, -0.15) is 0 Å². The van der Waals surface area contributed by atoms with E-state index in [4.69, 9.17) is 4.99 Å². The molecule has 1 aromatic rings. The van der Waals surface area contributed by atoms with E-state index >= 15 is 0 Å². The second-order valence-electron chi connectivity index (χ2n) is 8.13. The summed E-state index contributed by atoms with van der Waals surface area (Å²) in [4.78, 5) is 18.8. The van der Waals surface area contributed by atoms with Crippen molar-refractivity contribution in [3.63, 3.8) is 0 Å². The van der Waals surface area contributed by atoms with Crippen molar-refractivity contribution in [1.82, 2.24) is 4.90 Å². The van der Waals surface area contributed by atoms with Crippen LogP contribution in [0, 0.1) is 5.92 Å². The highest BCUT2D eigenvalue weighted by Crippen LogP contribution is 2.25. The molecule has 1 saturated heterocycles. The monoisotopic (exact) mass is 381 g/mol. The molecule has 2 rings (SSSR count). The molecular weight excluding hydrogens is 346 g/mol. The van der Waals surface area contributed by atoms with E-state index in [0.29, 0.717) is 18.2 Å². The predicted molar refractivity (Wildman–Crippen MR) is 120 cm³/mol. The fourth-order valence-electron chi connectivity index (χ4n) is 3.74. The topological polar surface area (TPSA) is 44.7 Å². The van der Waals surface area contributed by atoms with Crippen LogP contribution in [0.5, 0.6) is 0 Å². The Morgan fingerprint density at radius 3 is 2.71 bits per heavy atom. The van der Waals surface area contributed by atoms with Gasteiger partial charge in [-0.3, -0.25) is 4.79 Å². The number of carbonyl (C=O) groups excluding carboxylic acids is 1. The van der Waals surface area contributed by atoms with Crippen LogP contribution < -0.4 is 5.32 Å². The molecule has 0 bridgehead atoms. The fourth-order valence-corrected chi connectivity index (χ4v) is 3.74. The van der Waals surface area contributed by atoms with Gasteiger partial charge in [0.05, 0.1) is 0 Å². The third-order valence-electron chi connectivity index (χ3n) is 5.12. The fraction of sp³-hybridized carbons (Fsp3) is 0.500. The number of nitrogens with one attached hydrogen (secondary N) is 1. The van der Waals surface area contributed by atoms with Crippen molar-refractivity contribution >= 4 is 17.3 Å². The summed E-state index contributed by atoms with van der Waals surface area (Å²) in [5.74, 6) is 2.36. The Hall–Kier alpha value is -2.36. The third kappa shape index (κ3) is 6.08. The Labute approximate surface area is 170 Å². The molecule has 152 valence electrons. The number of anilines is 1. The number of nitrogens with zero attached hydrogens (tertiary/aromatic N) is 2. The minimum Gasteiger partial charge on any atom is -0.353 e. The molecule has 28 heavy (non-hydrogen) atoms. The normalized spacial score (nSPS) is 17.9. The number of amidine groups is 1. The second-order valence-corrected chi connectivity index (χ2v) is 8.13. The van der Waals surface area contributed by atoms with E-state index < -0.39 is 0 Å². The van der Waals surface area contributed by atoms with E-state index in [9.17, 15) is 4.79 Å². The molecule has 1 atom stereocenters. The van der Waals surface area contributed by atoms with Crippen LogP contribution in [0.2, 0.25) is 0 Å². The van der Waals surface area contributed by atoms with Gasteiger partial charge in [0.2, 0.25) is 0 Å². The van der Waals surface area contributed by atoms with Gasteiger partial charge in [-0.25, -0.2) is 4.99 Å². The first kappa shape index (κ1) is 21.9. The summed E-state index contributed by atoms with van der Waals surface area (Å²) in [6.07, 6.45) is 5.78. The third-order valence-corrected chi connectivity index (χ3v) is 5.12. The molecule has 0 saturated carbocycles. The van der Waals surface area contributed by atoms with Crippen molar-refractivity contribution in [2.45, 2.75) is 66.3 Å². The van der Waals surface area contributed by atoms with Crippen LogP contribution >= 0.6 is 0 Å². The molecule has 0 unspecified atom stereocenters. The zero-order valence-electron chi connectivity index (χ0n) is 18.1. The van der Waals surface area contributed by atoms with E-state index in [1.54, 1.807) is 6.92 Å². The molecule has 1 aliphatic rings. The summed E-state index contributed by atoms with van der Waals surface area (Å²) in [6.45, 7) is 15.3. The number of para-hydroxylation sites is 1. The molecule has 0 spiro atoms. The number of allylic oxidation sites excluding steroid dienone is 1. The number of aliphatic imine (C=N–C) groups is 1. The van der Waals surface area contributed by atoms with Crippen molar-refractivity contribution in [3.05, 3.63) is 53.9 Å². The molecule has 0 aliphatic carbocycles. The van der Waals surface area contributed by atoms with Crippen LogP contribution in [0.25, 0.3) is 0 Å². The number of hydrogen-bond donors (Lipinski definition) is 1. The summed E-state index contributed by atoms with van der Waals surface area (Å²) in [6, 6.07) is 8.56. The maximum Gasteiger partial charge on any atom is 0.133 e. The average Bonchev–Trinajstić information content (AvgIpc) is 3.07. The Morgan fingerprint density at radius 1 is 1.36 bits per heavy atom. The van der Waals surface area contributed by atoms with E-state index in [2.05, 4.69) is 61.8 Å². The van der Waals surface area contributed by atoms with Gasteiger partial charge in [-0.1, -0.05) is 44.7 Å². The highest BCUT2D eigenvalue weighted by molar-refractivity contribution is 5.99. The Balaban J connectivity index is 2.25. The Kier molecular flexibility index (Phi) is 8.04. The summed E-state index contributed by atoms with van der Waals surface area (Å²) in [7, 11) is 0. The van der Waals surface area contributed by atoms with Gasteiger partial charge >= 0.3 is 0 Å². The summed E-state index contributed by atoms with van der Waals surface area (Å²) in [5.41, 5.74) is 3.44. The van der Waals surface area contributed by atoms with Crippen LogP contribution in [-0.4, -0.2) is 29.1 Å². The Morgan fingerprint density at radius 2 is 2.07 bits per heavy atom. The number of ketones is 1. The quantitative estimate of drug-likeness (QED) is 0.472. The largest absolute Gasteiger partial charge is 0.353 e. The van der Waals surface area contributed by atoms with Crippen molar-refractivity contribution in [2.24, 2.45) is 10.9 Å². The van der Waals surface area contributed by atoms with Gasteiger partial charge in [-0.05, 0) is 63.2 Å². The van der Waals surface area contributed by atoms with Gasteiger partial charge in [0.1, 0.15) is 17.4 Å². The molecular formula is C24H35N3O. The van der Waals surface area contributed by atoms with Crippen molar-refractivity contribution in [2.75, 3.05) is 11.9 Å². The number of likely N-dealkylation sites (tertiary alicyclic amines) is 1. The minimum atomic E-state index is 0.229. The van der Waals surface area contributed by atoms with Gasteiger partial charge in [-0.15, -0.1) is 0 Å². The predicted octanol–water partition coefficient (Wildman–Crippen LogP) is 5.58. The second kappa shape index (κ2) is 10.3. The zero-order valence-corrected chi connectivity index (χ0v) is 18.1. The van der Waals surface area contributed by atoms with Crippen molar-refractivity contribution < 1.29 is 4.79 Å². The van der Waals surface area contributed by atoms with Crippen molar-refractivity contribution in [1.29, 1.82) is 0 Å². The molecule has 1 fully saturated rings. The van der Waals surface area contributed by atoms with Crippen molar-refractivity contribution in [3.8, 4) is 0 Å². The molecule has 0 aromatic heterocycles. The van der Waals surface area contributed by atoms with Gasteiger partial charge in [0.15, 0.2) is 0 Å². The lowest BCUT2D eigenvalue weighted by Gasteiger charge is -2.28. The first-order valence-electron chi connectivity index (χ1n) is 10.3.